The molecule has 0 saturated carbocycles. The molecule has 0 spiro atoms. The minimum absolute atomic E-state index is 0.146. The largest absolute Gasteiger partial charge is 0.468 e. The Morgan fingerprint density at radius 3 is 2.41 bits per heavy atom. The number of pyridine rings is 1. The van der Waals surface area contributed by atoms with Crippen molar-refractivity contribution >= 4 is 6.09 Å². The summed E-state index contributed by atoms with van der Waals surface area (Å²) in [6, 6.07) is 2.79. The summed E-state index contributed by atoms with van der Waals surface area (Å²) in [4.78, 5) is 15.4. The monoisotopic (exact) mass is 320 g/mol. The molecule has 0 aliphatic rings. The molecule has 1 heterocycles. The van der Waals surface area contributed by atoms with E-state index in [9.17, 15) is 18.0 Å². The number of halogens is 3. The maximum atomic E-state index is 12.0. The summed E-state index contributed by atoms with van der Waals surface area (Å²) in [6.07, 6.45) is -4.29. The zero-order chi connectivity index (χ0) is 17.0. The highest BCUT2D eigenvalue weighted by Gasteiger charge is 2.28. The first kappa shape index (κ1) is 18.1. The minimum Gasteiger partial charge on any atom is -0.468 e. The summed E-state index contributed by atoms with van der Waals surface area (Å²) < 4.78 is 45.7. The second-order valence-electron chi connectivity index (χ2n) is 5.76. The number of carbonyl (C=O) groups is 1. The molecule has 5 nitrogen and oxygen atoms in total. The summed E-state index contributed by atoms with van der Waals surface area (Å²) in [6.45, 7) is 5.67. The van der Waals surface area contributed by atoms with Gasteiger partial charge in [0.15, 0.2) is 6.61 Å². The first-order valence-electron chi connectivity index (χ1n) is 6.60. The maximum Gasteiger partial charge on any atom is 0.422 e. The number of hydrogen-bond acceptors (Lipinski definition) is 4. The van der Waals surface area contributed by atoms with Crippen molar-refractivity contribution in [2.75, 3.05) is 6.61 Å². The lowest BCUT2D eigenvalue weighted by Crippen LogP contribution is -2.41. The van der Waals surface area contributed by atoms with Crippen molar-refractivity contribution in [2.24, 2.45) is 0 Å². The lowest BCUT2D eigenvalue weighted by molar-refractivity contribution is -0.154. The van der Waals surface area contributed by atoms with Gasteiger partial charge in [-0.15, -0.1) is 0 Å². The molecule has 1 aromatic heterocycles. The van der Waals surface area contributed by atoms with Gasteiger partial charge in [-0.05, 0) is 33.8 Å². The molecule has 0 saturated heterocycles. The van der Waals surface area contributed by atoms with E-state index in [0.717, 1.165) is 0 Å². The average molecular weight is 320 g/mol. The van der Waals surface area contributed by atoms with Crippen LogP contribution in [0.4, 0.5) is 18.0 Å². The molecule has 1 N–H and O–H groups in total. The fourth-order valence-electron chi connectivity index (χ4n) is 1.44. The molecular formula is C14H19F3N2O3. The molecule has 1 rings (SSSR count). The Bertz CT molecular complexity index is 496. The predicted molar refractivity (Wildman–Crippen MR) is 73.6 cm³/mol. The van der Waals surface area contributed by atoms with Crippen molar-refractivity contribution in [1.29, 1.82) is 0 Å². The molecule has 0 aliphatic heterocycles. The van der Waals surface area contributed by atoms with Gasteiger partial charge in [-0.3, -0.25) is 0 Å². The number of rotatable bonds is 4. The molecule has 0 bridgehead atoms. The van der Waals surface area contributed by atoms with E-state index in [1.54, 1.807) is 6.92 Å². The highest BCUT2D eigenvalue weighted by molar-refractivity contribution is 5.68. The Morgan fingerprint density at radius 1 is 1.32 bits per heavy atom. The van der Waals surface area contributed by atoms with Gasteiger partial charge >= 0.3 is 12.3 Å². The number of aromatic nitrogens is 1. The van der Waals surface area contributed by atoms with Crippen LogP contribution in [0.1, 0.15) is 39.4 Å². The van der Waals surface area contributed by atoms with Gasteiger partial charge in [0, 0.05) is 23.4 Å². The van der Waals surface area contributed by atoms with Gasteiger partial charge in [0.1, 0.15) is 6.10 Å². The Kier molecular flexibility index (Phi) is 5.62. The number of hydrogen-bond donors (Lipinski definition) is 1. The summed E-state index contributed by atoms with van der Waals surface area (Å²) >= 11 is 0. The second-order valence-corrected chi connectivity index (χ2v) is 5.76. The Hall–Kier alpha value is -1.99. The number of alkyl carbamates (subject to hydrolysis) is 1. The van der Waals surface area contributed by atoms with Crippen molar-refractivity contribution in [3.05, 3.63) is 23.9 Å². The van der Waals surface area contributed by atoms with Crippen LogP contribution in [0, 0.1) is 0 Å². The third kappa shape index (κ3) is 7.14. The zero-order valence-electron chi connectivity index (χ0n) is 12.8. The molecule has 22 heavy (non-hydrogen) atoms. The van der Waals surface area contributed by atoms with Crippen molar-refractivity contribution in [3.8, 4) is 5.88 Å². The molecule has 124 valence electrons. The van der Waals surface area contributed by atoms with Crippen LogP contribution in [0.3, 0.4) is 0 Å². The van der Waals surface area contributed by atoms with E-state index in [4.69, 9.17) is 4.74 Å². The maximum absolute atomic E-state index is 12.0. The highest BCUT2D eigenvalue weighted by Crippen LogP contribution is 2.20. The van der Waals surface area contributed by atoms with Crippen LogP contribution in [0.5, 0.6) is 5.88 Å². The number of carbonyl (C=O) groups excluding carboxylic acids is 1. The summed E-state index contributed by atoms with van der Waals surface area (Å²) in [5, 5.41) is 2.64. The molecule has 1 aromatic rings. The van der Waals surface area contributed by atoms with Crippen molar-refractivity contribution in [1.82, 2.24) is 10.3 Å². The first-order chi connectivity index (χ1) is 9.96. The normalized spacial score (nSPS) is 13.4. The number of alkyl halides is 3. The lowest BCUT2D eigenvalue weighted by atomic mass is 10.1. The summed E-state index contributed by atoms with van der Waals surface area (Å²) in [7, 11) is 0. The Balaban J connectivity index is 2.57. The predicted octanol–water partition coefficient (Wildman–Crippen LogP) is 3.61. The fraction of sp³-hybridized carbons (Fsp3) is 0.571. The van der Waals surface area contributed by atoms with Gasteiger partial charge in [0.25, 0.3) is 0 Å². The highest BCUT2D eigenvalue weighted by atomic mass is 19.4. The van der Waals surface area contributed by atoms with Crippen LogP contribution in [0.25, 0.3) is 0 Å². The number of nitrogens with one attached hydrogen (secondary N) is 1. The van der Waals surface area contributed by atoms with Crippen molar-refractivity contribution in [2.45, 2.75) is 45.5 Å². The third-order valence-electron chi connectivity index (χ3n) is 2.37. The SMILES string of the molecule is CC(OC(=O)NC(C)(C)C)c1ccc(OCC(F)(F)F)nc1. The third-order valence-corrected chi connectivity index (χ3v) is 2.37. The summed E-state index contributed by atoms with van der Waals surface area (Å²) in [5.74, 6) is -0.146. The topological polar surface area (TPSA) is 60.5 Å². The second kappa shape index (κ2) is 6.85. The molecule has 0 radical (unpaired) electrons. The van der Waals surface area contributed by atoms with E-state index in [1.165, 1.54) is 18.3 Å². The van der Waals surface area contributed by atoms with Crippen LogP contribution in [-0.4, -0.2) is 29.4 Å². The fourth-order valence-corrected chi connectivity index (χ4v) is 1.44. The van der Waals surface area contributed by atoms with Gasteiger partial charge < -0.3 is 14.8 Å². The minimum atomic E-state index is -4.41. The molecule has 8 heteroatoms. The molecule has 1 atom stereocenters. The van der Waals surface area contributed by atoms with Crippen LogP contribution >= 0.6 is 0 Å². The number of nitrogens with zero attached hydrogens (tertiary/aromatic N) is 1. The van der Waals surface area contributed by atoms with Crippen LogP contribution < -0.4 is 10.1 Å². The van der Waals surface area contributed by atoms with Gasteiger partial charge in [-0.2, -0.15) is 13.2 Å². The van der Waals surface area contributed by atoms with Crippen LogP contribution in [-0.2, 0) is 4.74 Å². The van der Waals surface area contributed by atoms with Gasteiger partial charge in [0.2, 0.25) is 5.88 Å². The zero-order valence-corrected chi connectivity index (χ0v) is 12.8. The lowest BCUT2D eigenvalue weighted by Gasteiger charge is -2.22. The molecule has 0 aliphatic carbocycles. The molecule has 0 aromatic carbocycles. The van der Waals surface area contributed by atoms with Crippen molar-refractivity contribution in [3.63, 3.8) is 0 Å². The van der Waals surface area contributed by atoms with E-state index in [1.807, 2.05) is 20.8 Å². The molecule has 1 amide bonds. The van der Waals surface area contributed by atoms with E-state index >= 15 is 0 Å². The average Bonchev–Trinajstić information content (AvgIpc) is 2.33. The smallest absolute Gasteiger partial charge is 0.422 e. The Labute approximate surface area is 126 Å². The molecule has 0 fully saturated rings. The number of ether oxygens (including phenoxy) is 2. The molecular weight excluding hydrogens is 301 g/mol. The first-order valence-corrected chi connectivity index (χ1v) is 6.60. The van der Waals surface area contributed by atoms with Gasteiger partial charge in [-0.1, -0.05) is 0 Å². The van der Waals surface area contributed by atoms with E-state index < -0.39 is 30.5 Å². The van der Waals surface area contributed by atoms with Crippen molar-refractivity contribution < 1.29 is 27.4 Å². The summed E-state index contributed by atoms with van der Waals surface area (Å²) in [5.41, 5.74) is 0.119. The standard InChI is InChI=1S/C14H19F3N2O3/c1-9(22-12(20)19-13(2,3)4)10-5-6-11(18-7-10)21-8-14(15,16)17/h5-7,9H,8H2,1-4H3,(H,19,20). The van der Waals surface area contributed by atoms with Gasteiger partial charge in [0.05, 0.1) is 0 Å². The quantitative estimate of drug-likeness (QED) is 0.920. The van der Waals surface area contributed by atoms with Gasteiger partial charge in [-0.25, -0.2) is 9.78 Å². The van der Waals surface area contributed by atoms with E-state index in [2.05, 4.69) is 15.0 Å². The Morgan fingerprint density at radius 2 is 1.95 bits per heavy atom. The molecule has 1 unspecified atom stereocenters. The van der Waals surface area contributed by atoms with Crippen LogP contribution in [0.15, 0.2) is 18.3 Å². The number of amides is 1. The van der Waals surface area contributed by atoms with E-state index in [0.29, 0.717) is 5.56 Å². The van der Waals surface area contributed by atoms with E-state index in [-0.39, 0.29) is 5.88 Å². The van der Waals surface area contributed by atoms with Crippen LogP contribution in [0.2, 0.25) is 0 Å².